The maximum atomic E-state index is 13.5. The third kappa shape index (κ3) is 3.22. The first-order valence-electron chi connectivity index (χ1n) is 10.8. The number of likely N-dealkylation sites (tertiary alicyclic amines) is 1. The van der Waals surface area contributed by atoms with Crippen molar-refractivity contribution >= 4 is 29.2 Å². The molecule has 8 nitrogen and oxygen atoms in total. The molecule has 3 aliphatic heterocycles. The number of imide groups is 2. The number of barbiturate groups is 1. The normalized spacial score (nSPS) is 25.2. The lowest BCUT2D eigenvalue weighted by atomic mass is 9.75. The number of hydrogen-bond donors (Lipinski definition) is 0. The predicted molar refractivity (Wildman–Crippen MR) is 119 cm³/mol. The Kier molecular flexibility index (Phi) is 5.05. The van der Waals surface area contributed by atoms with Crippen molar-refractivity contribution in [2.45, 2.75) is 25.3 Å². The zero-order valence-electron chi connectivity index (χ0n) is 18.2. The SMILES string of the molecule is CN1C(=O)N(C)C(=O)C(Cc2ccsc2)(CN2C[C@@H]3C[C@H](C2)c2cccc(=O)n2C3)C1=O. The van der Waals surface area contributed by atoms with Gasteiger partial charge in [-0.2, -0.15) is 11.3 Å². The molecule has 168 valence electrons. The van der Waals surface area contributed by atoms with E-state index in [1.54, 1.807) is 12.1 Å². The van der Waals surface area contributed by atoms with E-state index in [2.05, 4.69) is 4.90 Å². The van der Waals surface area contributed by atoms with E-state index in [0.29, 0.717) is 19.6 Å². The summed E-state index contributed by atoms with van der Waals surface area (Å²) in [5.74, 6) is -0.417. The van der Waals surface area contributed by atoms with Crippen LogP contribution in [0.1, 0.15) is 23.6 Å². The van der Waals surface area contributed by atoms with Gasteiger partial charge in [0.25, 0.3) is 5.56 Å². The Hall–Kier alpha value is -2.78. The molecule has 9 heteroatoms. The molecule has 3 aliphatic rings. The second-order valence-electron chi connectivity index (χ2n) is 9.29. The Morgan fingerprint density at radius 1 is 1.00 bits per heavy atom. The molecule has 0 unspecified atom stereocenters. The molecule has 2 saturated heterocycles. The van der Waals surface area contributed by atoms with Crippen LogP contribution in [0.5, 0.6) is 0 Å². The van der Waals surface area contributed by atoms with Gasteiger partial charge in [-0.1, -0.05) is 6.07 Å². The zero-order valence-corrected chi connectivity index (χ0v) is 19.0. The fourth-order valence-corrected chi connectivity index (χ4v) is 6.39. The molecule has 32 heavy (non-hydrogen) atoms. The molecular weight excluding hydrogens is 428 g/mol. The molecule has 2 fully saturated rings. The molecule has 4 amide bonds. The maximum absolute atomic E-state index is 13.5. The summed E-state index contributed by atoms with van der Waals surface area (Å²) in [7, 11) is 2.90. The van der Waals surface area contributed by atoms with E-state index < -0.39 is 23.3 Å². The summed E-state index contributed by atoms with van der Waals surface area (Å²) in [6.45, 7) is 2.30. The van der Waals surface area contributed by atoms with Gasteiger partial charge in [0.1, 0.15) is 5.41 Å². The van der Waals surface area contributed by atoms with Crippen LogP contribution in [0.2, 0.25) is 0 Å². The highest BCUT2D eigenvalue weighted by atomic mass is 32.1. The minimum absolute atomic E-state index is 0.0268. The lowest BCUT2D eigenvalue weighted by molar-refractivity contribution is -0.159. The Morgan fingerprint density at radius 3 is 2.44 bits per heavy atom. The number of amides is 4. The number of rotatable bonds is 4. The first kappa shape index (κ1) is 21.1. The average Bonchev–Trinajstić information content (AvgIpc) is 3.29. The topological polar surface area (TPSA) is 82.9 Å². The summed E-state index contributed by atoms with van der Waals surface area (Å²) in [6, 6.07) is 6.74. The van der Waals surface area contributed by atoms with Gasteiger partial charge < -0.3 is 9.47 Å². The monoisotopic (exact) mass is 454 g/mol. The highest BCUT2D eigenvalue weighted by Crippen LogP contribution is 2.39. The second-order valence-corrected chi connectivity index (χ2v) is 10.1. The van der Waals surface area contributed by atoms with Crippen LogP contribution in [0.4, 0.5) is 4.79 Å². The first-order chi connectivity index (χ1) is 15.3. The summed E-state index contributed by atoms with van der Waals surface area (Å²) in [4.78, 5) is 56.1. The van der Waals surface area contributed by atoms with Gasteiger partial charge in [0.05, 0.1) is 0 Å². The number of carbonyl (C=O) groups is 3. The number of hydrogen-bond acceptors (Lipinski definition) is 6. The Labute approximate surface area is 190 Å². The largest absolute Gasteiger partial charge is 0.332 e. The number of fused-ring (bicyclic) bond motifs is 4. The highest BCUT2D eigenvalue weighted by molar-refractivity contribution is 7.07. The highest BCUT2D eigenvalue weighted by Gasteiger charge is 2.56. The van der Waals surface area contributed by atoms with Gasteiger partial charge in [-0.3, -0.25) is 24.2 Å². The molecule has 2 atom stereocenters. The Morgan fingerprint density at radius 2 is 1.75 bits per heavy atom. The van der Waals surface area contributed by atoms with Crippen molar-refractivity contribution in [1.29, 1.82) is 0 Å². The molecule has 0 radical (unpaired) electrons. The molecular formula is C23H26N4O4S. The maximum Gasteiger partial charge on any atom is 0.332 e. The van der Waals surface area contributed by atoms with E-state index in [-0.39, 0.29) is 30.4 Å². The third-order valence-electron chi connectivity index (χ3n) is 7.14. The second kappa shape index (κ2) is 7.67. The van der Waals surface area contributed by atoms with Crippen molar-refractivity contribution < 1.29 is 14.4 Å². The fourth-order valence-electron chi connectivity index (χ4n) is 5.72. The van der Waals surface area contributed by atoms with Crippen LogP contribution >= 0.6 is 11.3 Å². The van der Waals surface area contributed by atoms with Crippen LogP contribution in [0.15, 0.2) is 39.8 Å². The van der Waals surface area contributed by atoms with Crippen LogP contribution in [-0.2, 0) is 22.6 Å². The van der Waals surface area contributed by atoms with Crippen molar-refractivity contribution in [3.63, 3.8) is 0 Å². The molecule has 2 aromatic rings. The van der Waals surface area contributed by atoms with Crippen molar-refractivity contribution in [2.75, 3.05) is 33.7 Å². The minimum Gasteiger partial charge on any atom is -0.312 e. The minimum atomic E-state index is -1.35. The van der Waals surface area contributed by atoms with Gasteiger partial charge in [0.2, 0.25) is 11.8 Å². The van der Waals surface area contributed by atoms with Crippen LogP contribution in [0.3, 0.4) is 0 Å². The number of thiophene rings is 1. The molecule has 5 heterocycles. The molecule has 0 spiro atoms. The number of aromatic nitrogens is 1. The van der Waals surface area contributed by atoms with Crippen molar-refractivity contribution in [2.24, 2.45) is 11.3 Å². The standard InChI is InChI=1S/C23H26N4O4S/c1-24-20(29)23(9-15-6-7-32-13-15,21(30)25(2)22(24)31)14-26-10-16-8-17(12-26)18-4-3-5-19(28)27(18)11-16/h3-7,13,16-17H,8-12,14H2,1-2H3/t16-,17+/m0/s1. The summed E-state index contributed by atoms with van der Waals surface area (Å²) in [6.07, 6.45) is 1.26. The quantitative estimate of drug-likeness (QED) is 0.656. The van der Waals surface area contributed by atoms with Crippen LogP contribution in [-0.4, -0.2) is 70.8 Å². The van der Waals surface area contributed by atoms with Gasteiger partial charge in [-0.05, 0) is 47.2 Å². The smallest absolute Gasteiger partial charge is 0.312 e. The van der Waals surface area contributed by atoms with E-state index >= 15 is 0 Å². The fraction of sp³-hybridized carbons (Fsp3) is 0.478. The number of nitrogens with zero attached hydrogens (tertiary/aromatic N) is 4. The number of pyridine rings is 1. The molecule has 0 N–H and O–H groups in total. The third-order valence-corrected chi connectivity index (χ3v) is 7.87. The van der Waals surface area contributed by atoms with E-state index in [4.69, 9.17) is 0 Å². The predicted octanol–water partition coefficient (Wildman–Crippen LogP) is 1.61. The molecule has 2 aromatic heterocycles. The van der Waals surface area contributed by atoms with E-state index in [9.17, 15) is 19.2 Å². The van der Waals surface area contributed by atoms with Crippen molar-refractivity contribution in [1.82, 2.24) is 19.3 Å². The van der Waals surface area contributed by atoms with E-state index in [0.717, 1.165) is 27.5 Å². The summed E-state index contributed by atoms with van der Waals surface area (Å²) >= 11 is 1.52. The van der Waals surface area contributed by atoms with Gasteiger partial charge in [0, 0.05) is 58.0 Å². The molecule has 0 aromatic carbocycles. The number of piperidine rings is 1. The van der Waals surface area contributed by atoms with Crippen LogP contribution in [0.25, 0.3) is 0 Å². The van der Waals surface area contributed by atoms with Gasteiger partial charge in [-0.25, -0.2) is 4.79 Å². The lowest BCUT2D eigenvalue weighted by Gasteiger charge is -2.48. The Balaban J connectivity index is 1.49. The molecule has 0 aliphatic carbocycles. The molecule has 2 bridgehead atoms. The van der Waals surface area contributed by atoms with Gasteiger partial charge in [-0.15, -0.1) is 0 Å². The number of urea groups is 1. The van der Waals surface area contributed by atoms with E-state index in [1.807, 2.05) is 27.5 Å². The van der Waals surface area contributed by atoms with E-state index in [1.165, 1.54) is 25.4 Å². The van der Waals surface area contributed by atoms with Crippen LogP contribution in [0, 0.1) is 11.3 Å². The van der Waals surface area contributed by atoms with Crippen LogP contribution < -0.4 is 5.56 Å². The van der Waals surface area contributed by atoms with Crippen molar-refractivity contribution in [3.8, 4) is 0 Å². The van der Waals surface area contributed by atoms with Gasteiger partial charge in [0.15, 0.2) is 0 Å². The summed E-state index contributed by atoms with van der Waals surface area (Å²) in [5.41, 5.74) is 0.623. The lowest BCUT2D eigenvalue weighted by Crippen LogP contribution is -2.67. The number of carbonyl (C=O) groups excluding carboxylic acids is 3. The summed E-state index contributed by atoms with van der Waals surface area (Å²) < 4.78 is 1.87. The van der Waals surface area contributed by atoms with Gasteiger partial charge >= 0.3 is 6.03 Å². The molecule has 5 rings (SSSR count). The van der Waals surface area contributed by atoms with Crippen molar-refractivity contribution in [3.05, 3.63) is 56.6 Å². The average molecular weight is 455 g/mol. The first-order valence-corrected chi connectivity index (χ1v) is 11.8. The molecule has 0 saturated carbocycles. The Bertz CT molecular complexity index is 1120. The zero-order chi connectivity index (χ0) is 22.6. The summed E-state index contributed by atoms with van der Waals surface area (Å²) in [5, 5.41) is 3.88.